The summed E-state index contributed by atoms with van der Waals surface area (Å²) in [5, 5.41) is 3.15. The second-order valence-electron chi connectivity index (χ2n) is 4.48. The summed E-state index contributed by atoms with van der Waals surface area (Å²) < 4.78 is 5.71. The molecule has 102 valence electrons. The monoisotopic (exact) mass is 251 g/mol. The van der Waals surface area contributed by atoms with Gasteiger partial charge in [0.2, 0.25) is 0 Å². The second-order valence-corrected chi connectivity index (χ2v) is 4.48. The molecule has 0 unspecified atom stereocenters. The molecule has 0 spiro atoms. The van der Waals surface area contributed by atoms with Crippen molar-refractivity contribution in [2.45, 2.75) is 52.6 Å². The van der Waals surface area contributed by atoms with Gasteiger partial charge in [-0.15, -0.1) is 0 Å². The van der Waals surface area contributed by atoms with E-state index in [4.69, 9.17) is 9.72 Å². The summed E-state index contributed by atoms with van der Waals surface area (Å²) in [7, 11) is 3.63. The number of methoxy groups -OCH3 is 1. The van der Waals surface area contributed by atoms with Crippen LogP contribution < -0.4 is 5.32 Å². The van der Waals surface area contributed by atoms with Crippen LogP contribution >= 0.6 is 0 Å². The Labute approximate surface area is 110 Å². The summed E-state index contributed by atoms with van der Waals surface area (Å²) in [4.78, 5) is 9.35. The molecular formula is C14H25N3O. The van der Waals surface area contributed by atoms with Gasteiger partial charge >= 0.3 is 0 Å². The third-order valence-electron chi connectivity index (χ3n) is 3.76. The number of nitrogens with one attached hydrogen (secondary N) is 1. The predicted molar refractivity (Wildman–Crippen MR) is 75.0 cm³/mol. The van der Waals surface area contributed by atoms with Gasteiger partial charge in [-0.2, -0.15) is 0 Å². The Morgan fingerprint density at radius 1 is 1.17 bits per heavy atom. The number of anilines is 1. The summed E-state index contributed by atoms with van der Waals surface area (Å²) in [6, 6.07) is 0. The molecule has 1 heterocycles. The summed E-state index contributed by atoms with van der Waals surface area (Å²) in [5.74, 6) is 1.70. The van der Waals surface area contributed by atoms with E-state index in [9.17, 15) is 0 Å². The highest BCUT2D eigenvalue weighted by molar-refractivity contribution is 5.45. The van der Waals surface area contributed by atoms with Crippen LogP contribution in [-0.2, 0) is 16.8 Å². The van der Waals surface area contributed by atoms with Crippen LogP contribution in [0.25, 0.3) is 0 Å². The lowest BCUT2D eigenvalue weighted by molar-refractivity contribution is -0.0292. The van der Waals surface area contributed by atoms with Crippen molar-refractivity contribution in [3.05, 3.63) is 17.1 Å². The highest BCUT2D eigenvalue weighted by atomic mass is 16.5. The molecule has 1 rings (SSSR count). The van der Waals surface area contributed by atoms with Gasteiger partial charge in [0.1, 0.15) is 11.4 Å². The van der Waals surface area contributed by atoms with Crippen LogP contribution in [-0.4, -0.2) is 24.1 Å². The molecule has 0 aliphatic heterocycles. The molecule has 0 aromatic carbocycles. The normalized spacial score (nSPS) is 11.7. The first kappa shape index (κ1) is 14.9. The maximum Gasteiger partial charge on any atom is 0.162 e. The zero-order valence-electron chi connectivity index (χ0n) is 12.4. The number of hydrogen-bond acceptors (Lipinski definition) is 4. The number of aryl methyl sites for hydroxylation is 1. The maximum absolute atomic E-state index is 5.71. The summed E-state index contributed by atoms with van der Waals surface area (Å²) in [5.41, 5.74) is 1.84. The van der Waals surface area contributed by atoms with Crippen LogP contribution in [0, 0.1) is 6.92 Å². The van der Waals surface area contributed by atoms with Crippen LogP contribution in [0.2, 0.25) is 0 Å². The number of ether oxygens (including phenoxy) is 1. The van der Waals surface area contributed by atoms with Gasteiger partial charge < -0.3 is 10.1 Å². The average Bonchev–Trinajstić information content (AvgIpc) is 2.42. The number of hydrogen-bond donors (Lipinski definition) is 1. The molecule has 0 aliphatic carbocycles. The molecule has 1 aromatic rings. The van der Waals surface area contributed by atoms with Crippen molar-refractivity contribution in [1.29, 1.82) is 0 Å². The van der Waals surface area contributed by atoms with E-state index in [0.29, 0.717) is 0 Å². The highest BCUT2D eigenvalue weighted by Crippen LogP contribution is 2.31. The molecule has 0 amide bonds. The Hall–Kier alpha value is -1.16. The average molecular weight is 251 g/mol. The molecule has 0 saturated carbocycles. The Morgan fingerprint density at radius 3 is 2.17 bits per heavy atom. The lowest BCUT2D eigenvalue weighted by atomic mass is 9.95. The van der Waals surface area contributed by atoms with Crippen molar-refractivity contribution in [3.8, 4) is 0 Å². The van der Waals surface area contributed by atoms with Crippen LogP contribution in [0.5, 0.6) is 0 Å². The summed E-state index contributed by atoms with van der Waals surface area (Å²) in [6.07, 6.45) is 2.65. The van der Waals surface area contributed by atoms with E-state index in [1.165, 1.54) is 0 Å². The fourth-order valence-electron chi connectivity index (χ4n) is 2.30. The molecule has 0 aliphatic rings. The van der Waals surface area contributed by atoms with Gasteiger partial charge in [-0.1, -0.05) is 20.8 Å². The topological polar surface area (TPSA) is 47.0 Å². The minimum absolute atomic E-state index is 0.372. The molecule has 0 atom stereocenters. The lowest BCUT2D eigenvalue weighted by Crippen LogP contribution is -2.30. The van der Waals surface area contributed by atoms with Gasteiger partial charge in [-0.25, -0.2) is 9.97 Å². The molecule has 0 radical (unpaired) electrons. The SMILES string of the molecule is CCc1nc(C(CC)(CC)OC)nc(NC)c1C. The van der Waals surface area contributed by atoms with E-state index >= 15 is 0 Å². The lowest BCUT2D eigenvalue weighted by Gasteiger charge is -2.29. The van der Waals surface area contributed by atoms with Gasteiger partial charge in [-0.05, 0) is 26.2 Å². The molecule has 4 heteroatoms. The van der Waals surface area contributed by atoms with Crippen molar-refractivity contribution in [3.63, 3.8) is 0 Å². The highest BCUT2D eigenvalue weighted by Gasteiger charge is 2.32. The van der Waals surface area contributed by atoms with E-state index in [1.54, 1.807) is 7.11 Å². The quantitative estimate of drug-likeness (QED) is 0.844. The van der Waals surface area contributed by atoms with Crippen molar-refractivity contribution < 1.29 is 4.74 Å². The third kappa shape index (κ3) is 2.48. The van der Waals surface area contributed by atoms with Gasteiger partial charge in [-0.3, -0.25) is 0 Å². The predicted octanol–water partition coefficient (Wildman–Crippen LogP) is 3.05. The van der Waals surface area contributed by atoms with Crippen LogP contribution in [0.15, 0.2) is 0 Å². The van der Waals surface area contributed by atoms with Gasteiger partial charge in [0.15, 0.2) is 5.82 Å². The van der Waals surface area contributed by atoms with Crippen LogP contribution in [0.4, 0.5) is 5.82 Å². The van der Waals surface area contributed by atoms with Gasteiger partial charge in [0, 0.05) is 25.4 Å². The van der Waals surface area contributed by atoms with E-state index in [0.717, 1.165) is 42.2 Å². The number of rotatable bonds is 6. The molecule has 1 N–H and O–H groups in total. The fraction of sp³-hybridized carbons (Fsp3) is 0.714. The molecule has 4 nitrogen and oxygen atoms in total. The Bertz CT molecular complexity index is 367. The van der Waals surface area contributed by atoms with Crippen molar-refractivity contribution in [1.82, 2.24) is 9.97 Å². The molecule has 0 saturated heterocycles. The minimum atomic E-state index is -0.372. The standard InChI is InChI=1S/C14H25N3O/c1-7-11-10(4)12(15-5)17-13(16-11)14(8-2,9-3)18-6/h7-9H2,1-6H3,(H,15,16,17). The largest absolute Gasteiger partial charge is 0.373 e. The Balaban J connectivity index is 3.40. The molecule has 18 heavy (non-hydrogen) atoms. The zero-order valence-corrected chi connectivity index (χ0v) is 12.4. The minimum Gasteiger partial charge on any atom is -0.373 e. The van der Waals surface area contributed by atoms with Crippen LogP contribution in [0.1, 0.15) is 50.7 Å². The summed E-state index contributed by atoms with van der Waals surface area (Å²) >= 11 is 0. The molecular weight excluding hydrogens is 226 g/mol. The first-order valence-corrected chi connectivity index (χ1v) is 6.69. The molecule has 0 fully saturated rings. The van der Waals surface area contributed by atoms with Gasteiger partial charge in [0.25, 0.3) is 0 Å². The van der Waals surface area contributed by atoms with Crippen molar-refractivity contribution >= 4 is 5.82 Å². The maximum atomic E-state index is 5.71. The second kappa shape index (κ2) is 6.14. The molecule has 0 bridgehead atoms. The van der Waals surface area contributed by atoms with Crippen LogP contribution in [0.3, 0.4) is 0 Å². The van der Waals surface area contributed by atoms with Crippen molar-refractivity contribution in [2.24, 2.45) is 0 Å². The van der Waals surface area contributed by atoms with E-state index < -0.39 is 0 Å². The molecule has 1 aromatic heterocycles. The smallest absolute Gasteiger partial charge is 0.162 e. The fourth-order valence-corrected chi connectivity index (χ4v) is 2.30. The number of nitrogens with zero attached hydrogens (tertiary/aromatic N) is 2. The Kier molecular flexibility index (Phi) is 5.08. The van der Waals surface area contributed by atoms with E-state index in [1.807, 2.05) is 7.05 Å². The number of aromatic nitrogens is 2. The summed E-state index contributed by atoms with van der Waals surface area (Å²) in [6.45, 7) is 8.40. The van der Waals surface area contributed by atoms with E-state index in [-0.39, 0.29) is 5.60 Å². The third-order valence-corrected chi connectivity index (χ3v) is 3.76. The van der Waals surface area contributed by atoms with Gasteiger partial charge in [0.05, 0.1) is 0 Å². The van der Waals surface area contributed by atoms with Crippen molar-refractivity contribution in [2.75, 3.05) is 19.5 Å². The first-order valence-electron chi connectivity index (χ1n) is 6.69. The first-order chi connectivity index (χ1) is 8.58. The zero-order chi connectivity index (χ0) is 13.8. The Morgan fingerprint density at radius 2 is 1.78 bits per heavy atom. The van der Waals surface area contributed by atoms with E-state index in [2.05, 4.69) is 38.0 Å².